The second-order valence-electron chi connectivity index (χ2n) is 6.50. The summed E-state index contributed by atoms with van der Waals surface area (Å²) in [6.07, 6.45) is 0. The highest BCUT2D eigenvalue weighted by Crippen LogP contribution is 2.53. The van der Waals surface area contributed by atoms with Gasteiger partial charge in [0.25, 0.3) is 0 Å². The summed E-state index contributed by atoms with van der Waals surface area (Å²) >= 11 is 0. The van der Waals surface area contributed by atoms with Crippen LogP contribution in [0, 0.1) is 13.8 Å². The topological polar surface area (TPSA) is 29.5 Å². The Morgan fingerprint density at radius 1 is 0.792 bits per heavy atom. The number of phenolic OH excluding ortho intramolecular Hbond substituents is 1. The quantitative estimate of drug-likeness (QED) is 0.351. The van der Waals surface area contributed by atoms with Crippen molar-refractivity contribution in [1.29, 1.82) is 0 Å². The lowest BCUT2D eigenvalue weighted by Gasteiger charge is -2.24. The molecule has 4 aromatic rings. The van der Waals surface area contributed by atoms with Gasteiger partial charge in [-0.2, -0.15) is 0 Å². The van der Waals surface area contributed by atoms with Crippen LogP contribution in [0.5, 0.6) is 17.2 Å². The molecule has 4 aromatic carbocycles. The van der Waals surface area contributed by atoms with Crippen molar-refractivity contribution in [2.24, 2.45) is 0 Å². The predicted molar refractivity (Wildman–Crippen MR) is 98.1 cm³/mol. The summed E-state index contributed by atoms with van der Waals surface area (Å²) in [5.41, 5.74) is 4.49. The van der Waals surface area contributed by atoms with Crippen LogP contribution in [0.3, 0.4) is 0 Å². The van der Waals surface area contributed by atoms with Gasteiger partial charge in [-0.3, -0.25) is 0 Å². The van der Waals surface area contributed by atoms with Gasteiger partial charge in [0.05, 0.1) is 0 Å². The van der Waals surface area contributed by atoms with Gasteiger partial charge >= 0.3 is 0 Å². The molecule has 0 radical (unpaired) electrons. The molecule has 0 aliphatic carbocycles. The maximum atomic E-state index is 10.9. The lowest BCUT2D eigenvalue weighted by atomic mass is 9.87. The van der Waals surface area contributed by atoms with Gasteiger partial charge in [-0.25, -0.2) is 0 Å². The Morgan fingerprint density at radius 2 is 1.54 bits per heavy atom. The van der Waals surface area contributed by atoms with E-state index in [1.807, 2.05) is 43.3 Å². The van der Waals surface area contributed by atoms with E-state index in [1.54, 1.807) is 0 Å². The summed E-state index contributed by atoms with van der Waals surface area (Å²) in [7, 11) is 0. The van der Waals surface area contributed by atoms with Crippen LogP contribution < -0.4 is 4.74 Å². The minimum Gasteiger partial charge on any atom is -0.507 e. The SMILES string of the molecule is Cc1ccc2c(c1)-c1c3ccccc3c(O)c3c(C)ccc(c13)O2. The van der Waals surface area contributed by atoms with Gasteiger partial charge in [0, 0.05) is 27.3 Å². The Balaban J connectivity index is 2.13. The van der Waals surface area contributed by atoms with Crippen molar-refractivity contribution < 1.29 is 9.84 Å². The zero-order valence-corrected chi connectivity index (χ0v) is 13.6. The molecule has 24 heavy (non-hydrogen) atoms. The third kappa shape index (κ3) is 1.60. The number of rotatable bonds is 0. The predicted octanol–water partition coefficient (Wildman–Crippen LogP) is 6.09. The Morgan fingerprint density at radius 3 is 2.38 bits per heavy atom. The van der Waals surface area contributed by atoms with E-state index in [0.717, 1.165) is 49.7 Å². The highest BCUT2D eigenvalue weighted by molar-refractivity contribution is 6.20. The number of aryl methyl sites for hydroxylation is 2. The number of benzene rings is 4. The van der Waals surface area contributed by atoms with E-state index < -0.39 is 0 Å². The second-order valence-corrected chi connectivity index (χ2v) is 6.50. The first-order valence-corrected chi connectivity index (χ1v) is 8.11. The molecule has 1 N–H and O–H groups in total. The molecule has 0 bridgehead atoms. The zero-order chi connectivity index (χ0) is 16.4. The number of hydrogen-bond acceptors (Lipinski definition) is 2. The summed E-state index contributed by atoms with van der Waals surface area (Å²) in [5.74, 6) is 2.01. The molecule has 2 nitrogen and oxygen atoms in total. The summed E-state index contributed by atoms with van der Waals surface area (Å²) in [5, 5.41) is 14.7. The summed E-state index contributed by atoms with van der Waals surface area (Å²) in [6, 6.07) is 18.3. The van der Waals surface area contributed by atoms with Crippen molar-refractivity contribution >= 4 is 21.5 Å². The van der Waals surface area contributed by atoms with Gasteiger partial charge in [0.15, 0.2) is 0 Å². The normalized spacial score (nSPS) is 12.2. The molecule has 5 rings (SSSR count). The monoisotopic (exact) mass is 312 g/mol. The van der Waals surface area contributed by atoms with Crippen LogP contribution in [0.1, 0.15) is 11.1 Å². The van der Waals surface area contributed by atoms with Crippen molar-refractivity contribution in [3.8, 4) is 28.4 Å². The van der Waals surface area contributed by atoms with Crippen LogP contribution in [0.2, 0.25) is 0 Å². The van der Waals surface area contributed by atoms with Gasteiger partial charge < -0.3 is 9.84 Å². The number of fused-ring (bicyclic) bond motifs is 4. The Bertz CT molecular complexity index is 1160. The van der Waals surface area contributed by atoms with Crippen molar-refractivity contribution in [3.05, 3.63) is 65.7 Å². The standard InChI is InChI=1S/C22H16O2/c1-12-7-9-17-16(11-12)20-14-5-3-4-6-15(14)22(23)19-13(2)8-10-18(24-17)21(19)20/h3-11,23H,1-2H3. The lowest BCUT2D eigenvalue weighted by molar-refractivity contribution is 0.481. The van der Waals surface area contributed by atoms with E-state index in [1.165, 1.54) is 5.56 Å². The largest absolute Gasteiger partial charge is 0.507 e. The van der Waals surface area contributed by atoms with Crippen LogP contribution in [0.25, 0.3) is 32.7 Å². The van der Waals surface area contributed by atoms with E-state index in [9.17, 15) is 5.11 Å². The van der Waals surface area contributed by atoms with Crippen molar-refractivity contribution in [2.75, 3.05) is 0 Å². The van der Waals surface area contributed by atoms with Gasteiger partial charge in [0.1, 0.15) is 17.2 Å². The van der Waals surface area contributed by atoms with E-state index in [4.69, 9.17) is 4.74 Å². The van der Waals surface area contributed by atoms with Gasteiger partial charge in [-0.05, 0) is 43.0 Å². The summed E-state index contributed by atoms with van der Waals surface area (Å²) in [4.78, 5) is 0. The molecule has 1 aliphatic rings. The van der Waals surface area contributed by atoms with Crippen molar-refractivity contribution in [2.45, 2.75) is 13.8 Å². The van der Waals surface area contributed by atoms with E-state index in [-0.39, 0.29) is 0 Å². The lowest BCUT2D eigenvalue weighted by Crippen LogP contribution is -1.99. The van der Waals surface area contributed by atoms with Gasteiger partial charge in [-0.15, -0.1) is 0 Å². The molecule has 2 heteroatoms. The number of phenols is 1. The Kier molecular flexibility index (Phi) is 2.53. The van der Waals surface area contributed by atoms with Gasteiger partial charge in [-0.1, -0.05) is 42.0 Å². The molecule has 0 unspecified atom stereocenters. The molecule has 0 amide bonds. The third-order valence-corrected chi connectivity index (χ3v) is 4.94. The fourth-order valence-corrected chi connectivity index (χ4v) is 3.83. The van der Waals surface area contributed by atoms with Crippen LogP contribution in [0.4, 0.5) is 0 Å². The van der Waals surface area contributed by atoms with E-state index in [0.29, 0.717) is 5.75 Å². The maximum Gasteiger partial charge on any atom is 0.136 e. The van der Waals surface area contributed by atoms with Crippen LogP contribution in [0.15, 0.2) is 54.6 Å². The number of hydrogen-bond donors (Lipinski definition) is 1. The van der Waals surface area contributed by atoms with Crippen molar-refractivity contribution in [3.63, 3.8) is 0 Å². The molecular weight excluding hydrogens is 296 g/mol. The minimum absolute atomic E-state index is 0.336. The smallest absolute Gasteiger partial charge is 0.136 e. The fourth-order valence-electron chi connectivity index (χ4n) is 3.83. The van der Waals surface area contributed by atoms with Crippen molar-refractivity contribution in [1.82, 2.24) is 0 Å². The maximum absolute atomic E-state index is 10.9. The molecule has 0 aromatic heterocycles. The van der Waals surface area contributed by atoms with E-state index >= 15 is 0 Å². The Labute approximate surface area is 139 Å². The van der Waals surface area contributed by atoms with Gasteiger partial charge in [0.2, 0.25) is 0 Å². The number of aromatic hydroxyl groups is 1. The first-order chi connectivity index (χ1) is 11.6. The molecule has 0 fully saturated rings. The highest BCUT2D eigenvalue weighted by Gasteiger charge is 2.25. The first kappa shape index (κ1) is 13.4. The molecular formula is C22H16O2. The van der Waals surface area contributed by atoms with Crippen LogP contribution in [-0.2, 0) is 0 Å². The average Bonchev–Trinajstić information content (AvgIpc) is 2.59. The molecule has 0 saturated heterocycles. The summed E-state index contributed by atoms with van der Waals surface area (Å²) < 4.78 is 6.15. The third-order valence-electron chi connectivity index (χ3n) is 4.94. The fraction of sp³-hybridized carbons (Fsp3) is 0.0909. The minimum atomic E-state index is 0.336. The Hall–Kier alpha value is -3.00. The first-order valence-electron chi connectivity index (χ1n) is 8.11. The molecule has 116 valence electrons. The number of ether oxygens (including phenoxy) is 1. The zero-order valence-electron chi connectivity index (χ0n) is 13.6. The molecule has 0 spiro atoms. The molecule has 0 saturated carbocycles. The highest BCUT2D eigenvalue weighted by atomic mass is 16.5. The van der Waals surface area contributed by atoms with E-state index in [2.05, 4.69) is 25.1 Å². The van der Waals surface area contributed by atoms with Crippen LogP contribution >= 0.6 is 0 Å². The summed E-state index contributed by atoms with van der Waals surface area (Å²) in [6.45, 7) is 4.12. The average molecular weight is 312 g/mol. The molecule has 0 atom stereocenters. The second kappa shape index (κ2) is 4.51. The molecule has 1 aliphatic heterocycles. The molecule has 1 heterocycles. The van der Waals surface area contributed by atoms with Crippen LogP contribution in [-0.4, -0.2) is 5.11 Å².